The molecule has 1 fully saturated rings. The quantitative estimate of drug-likeness (QED) is 0.886. The predicted octanol–water partition coefficient (Wildman–Crippen LogP) is 2.99. The minimum atomic E-state index is -0.502. The maximum Gasteiger partial charge on any atom is 0.104 e. The van der Waals surface area contributed by atoms with Crippen LogP contribution in [0.4, 0.5) is 0 Å². The van der Waals surface area contributed by atoms with Crippen molar-refractivity contribution in [2.75, 3.05) is 6.54 Å². The van der Waals surface area contributed by atoms with Gasteiger partial charge in [-0.25, -0.2) is 4.98 Å². The van der Waals surface area contributed by atoms with Crippen LogP contribution in [0.15, 0.2) is 5.38 Å². The molecule has 18 heavy (non-hydrogen) atoms. The maximum absolute atomic E-state index is 10.6. The minimum Gasteiger partial charge on any atom is -0.386 e. The largest absolute Gasteiger partial charge is 0.386 e. The summed E-state index contributed by atoms with van der Waals surface area (Å²) in [4.78, 5) is 4.63. The maximum atomic E-state index is 10.6. The Labute approximate surface area is 113 Å². The van der Waals surface area contributed by atoms with Crippen molar-refractivity contribution < 1.29 is 5.11 Å². The van der Waals surface area contributed by atoms with E-state index in [2.05, 4.69) is 25.8 Å². The zero-order valence-corrected chi connectivity index (χ0v) is 12.4. The molecular formula is C14H24N2OS. The molecule has 0 aromatic carbocycles. The van der Waals surface area contributed by atoms with E-state index in [0.717, 1.165) is 23.5 Å². The summed E-state index contributed by atoms with van der Waals surface area (Å²) in [6.07, 6.45) is 3.88. The van der Waals surface area contributed by atoms with Crippen LogP contribution in [0.2, 0.25) is 0 Å². The third kappa shape index (κ3) is 2.46. The van der Waals surface area contributed by atoms with Crippen molar-refractivity contribution >= 4 is 11.3 Å². The van der Waals surface area contributed by atoms with Gasteiger partial charge < -0.3 is 10.8 Å². The lowest BCUT2D eigenvalue weighted by atomic mass is 9.79. The summed E-state index contributed by atoms with van der Waals surface area (Å²) >= 11 is 1.64. The van der Waals surface area contributed by atoms with Gasteiger partial charge in [0.05, 0.1) is 10.7 Å². The molecule has 1 aromatic rings. The molecule has 0 saturated heterocycles. The monoisotopic (exact) mass is 268 g/mol. The van der Waals surface area contributed by atoms with Crippen LogP contribution in [0.25, 0.3) is 0 Å². The van der Waals surface area contributed by atoms with Crippen molar-refractivity contribution in [1.82, 2.24) is 4.98 Å². The number of thiazole rings is 1. The van der Waals surface area contributed by atoms with E-state index >= 15 is 0 Å². The summed E-state index contributed by atoms with van der Waals surface area (Å²) in [7, 11) is 0. The van der Waals surface area contributed by atoms with E-state index in [0.29, 0.717) is 6.54 Å². The van der Waals surface area contributed by atoms with Crippen LogP contribution in [-0.4, -0.2) is 16.6 Å². The molecule has 0 amide bonds. The van der Waals surface area contributed by atoms with Crippen molar-refractivity contribution in [1.29, 1.82) is 0 Å². The predicted molar refractivity (Wildman–Crippen MR) is 75.7 cm³/mol. The highest BCUT2D eigenvalue weighted by Gasteiger charge is 2.41. The molecular weight excluding hydrogens is 244 g/mol. The summed E-state index contributed by atoms with van der Waals surface area (Å²) in [5, 5.41) is 13.7. The molecule has 1 aromatic heterocycles. The average molecular weight is 268 g/mol. The molecule has 3 nitrogen and oxygen atoms in total. The minimum absolute atomic E-state index is 0.0498. The molecule has 0 radical (unpaired) electrons. The molecule has 0 spiro atoms. The van der Waals surface area contributed by atoms with Gasteiger partial charge >= 0.3 is 0 Å². The van der Waals surface area contributed by atoms with Crippen LogP contribution in [-0.2, 0) is 5.41 Å². The number of aliphatic hydroxyl groups excluding tert-OH is 1. The van der Waals surface area contributed by atoms with Crippen molar-refractivity contribution in [3.63, 3.8) is 0 Å². The third-order valence-electron chi connectivity index (χ3n) is 4.03. The molecule has 1 aliphatic carbocycles. The second-order valence-corrected chi connectivity index (χ2v) is 7.36. The summed E-state index contributed by atoms with van der Waals surface area (Å²) in [6, 6.07) is 0. The van der Waals surface area contributed by atoms with Gasteiger partial charge in [-0.05, 0) is 12.8 Å². The molecule has 1 unspecified atom stereocenters. The molecule has 0 bridgehead atoms. The summed E-state index contributed by atoms with van der Waals surface area (Å²) in [5.41, 5.74) is 6.65. The topological polar surface area (TPSA) is 59.1 Å². The Hall–Kier alpha value is -0.450. The van der Waals surface area contributed by atoms with E-state index in [-0.39, 0.29) is 10.8 Å². The van der Waals surface area contributed by atoms with Gasteiger partial charge in [0, 0.05) is 22.8 Å². The van der Waals surface area contributed by atoms with Crippen molar-refractivity contribution in [2.24, 2.45) is 11.1 Å². The fourth-order valence-electron chi connectivity index (χ4n) is 2.74. The van der Waals surface area contributed by atoms with E-state index < -0.39 is 6.10 Å². The summed E-state index contributed by atoms with van der Waals surface area (Å²) in [5.74, 6) is 0. The number of rotatable bonds is 3. The lowest BCUT2D eigenvalue weighted by molar-refractivity contribution is 0.0302. The normalized spacial score (nSPS) is 21.2. The van der Waals surface area contributed by atoms with E-state index in [1.165, 1.54) is 12.8 Å². The van der Waals surface area contributed by atoms with Crippen LogP contribution in [0.5, 0.6) is 0 Å². The summed E-state index contributed by atoms with van der Waals surface area (Å²) in [6.45, 7) is 7.00. The highest BCUT2D eigenvalue weighted by molar-refractivity contribution is 7.09. The average Bonchev–Trinajstić information content (AvgIpc) is 2.97. The van der Waals surface area contributed by atoms with Crippen LogP contribution >= 0.6 is 11.3 Å². The van der Waals surface area contributed by atoms with Crippen LogP contribution in [0, 0.1) is 5.41 Å². The highest BCUT2D eigenvalue weighted by Crippen LogP contribution is 2.47. The Kier molecular flexibility index (Phi) is 3.81. The number of nitrogens with zero attached hydrogens (tertiary/aromatic N) is 1. The van der Waals surface area contributed by atoms with Crippen molar-refractivity contribution in [3.05, 3.63) is 16.1 Å². The smallest absolute Gasteiger partial charge is 0.104 e. The Bertz CT molecular complexity index is 402. The molecule has 1 heterocycles. The van der Waals surface area contributed by atoms with Gasteiger partial charge in [0.15, 0.2) is 0 Å². The van der Waals surface area contributed by atoms with E-state index in [4.69, 9.17) is 5.73 Å². The van der Waals surface area contributed by atoms with Gasteiger partial charge in [-0.3, -0.25) is 0 Å². The zero-order valence-electron chi connectivity index (χ0n) is 11.6. The molecule has 1 atom stereocenters. The number of hydrogen-bond donors (Lipinski definition) is 2. The zero-order chi connectivity index (χ0) is 13.4. The lowest BCUT2D eigenvalue weighted by Crippen LogP contribution is -2.34. The number of aromatic nitrogens is 1. The molecule has 1 saturated carbocycles. The van der Waals surface area contributed by atoms with Gasteiger partial charge in [-0.15, -0.1) is 11.3 Å². The molecule has 3 N–H and O–H groups in total. The first kappa shape index (κ1) is 14.0. The second-order valence-electron chi connectivity index (χ2n) is 6.50. The molecule has 1 aliphatic rings. The van der Waals surface area contributed by atoms with Gasteiger partial charge in [-0.1, -0.05) is 33.6 Å². The van der Waals surface area contributed by atoms with Crippen LogP contribution < -0.4 is 5.73 Å². The summed E-state index contributed by atoms with van der Waals surface area (Å²) < 4.78 is 0. The molecule has 2 rings (SSSR count). The van der Waals surface area contributed by atoms with Gasteiger partial charge in [0.2, 0.25) is 0 Å². The van der Waals surface area contributed by atoms with E-state index in [1.54, 1.807) is 11.3 Å². The number of aliphatic hydroxyl groups is 1. The Balaban J connectivity index is 2.23. The standard InChI is InChI=1S/C14H24N2OS/c1-13(2,3)12-16-10(8-18-12)11(17)14(9-15)6-4-5-7-14/h8,11,17H,4-7,9,15H2,1-3H3. The number of hydrogen-bond acceptors (Lipinski definition) is 4. The first-order chi connectivity index (χ1) is 8.39. The van der Waals surface area contributed by atoms with Crippen molar-refractivity contribution in [2.45, 2.75) is 58.0 Å². The molecule has 102 valence electrons. The highest BCUT2D eigenvalue weighted by atomic mass is 32.1. The lowest BCUT2D eigenvalue weighted by Gasteiger charge is -2.32. The Morgan fingerprint density at radius 2 is 2.06 bits per heavy atom. The Morgan fingerprint density at radius 3 is 2.50 bits per heavy atom. The van der Waals surface area contributed by atoms with Crippen LogP contribution in [0.1, 0.15) is 63.3 Å². The van der Waals surface area contributed by atoms with Crippen LogP contribution in [0.3, 0.4) is 0 Å². The fourth-order valence-corrected chi connectivity index (χ4v) is 3.66. The van der Waals surface area contributed by atoms with E-state index in [1.807, 2.05) is 5.38 Å². The third-order valence-corrected chi connectivity index (χ3v) is 5.32. The number of nitrogens with two attached hydrogens (primary N) is 1. The second kappa shape index (κ2) is 4.91. The molecule has 4 heteroatoms. The molecule has 0 aliphatic heterocycles. The van der Waals surface area contributed by atoms with E-state index in [9.17, 15) is 5.11 Å². The van der Waals surface area contributed by atoms with Gasteiger partial charge in [0.1, 0.15) is 6.10 Å². The first-order valence-corrected chi connectivity index (χ1v) is 7.61. The van der Waals surface area contributed by atoms with Gasteiger partial charge in [-0.2, -0.15) is 0 Å². The first-order valence-electron chi connectivity index (χ1n) is 6.73. The van der Waals surface area contributed by atoms with Crippen molar-refractivity contribution in [3.8, 4) is 0 Å². The Morgan fingerprint density at radius 1 is 1.44 bits per heavy atom. The SMILES string of the molecule is CC(C)(C)c1nc(C(O)C2(CN)CCCC2)cs1. The fraction of sp³-hybridized carbons (Fsp3) is 0.786. The van der Waals surface area contributed by atoms with Gasteiger partial charge in [0.25, 0.3) is 0 Å².